The molecular formula is C18H28N4O3S. The molecule has 8 heteroatoms. The van der Waals surface area contributed by atoms with E-state index in [1.807, 2.05) is 30.2 Å². The Morgan fingerprint density at radius 2 is 1.77 bits per heavy atom. The van der Waals surface area contributed by atoms with Crippen LogP contribution in [0, 0.1) is 0 Å². The highest BCUT2D eigenvalue weighted by Crippen LogP contribution is 2.11. The van der Waals surface area contributed by atoms with Gasteiger partial charge in [-0.1, -0.05) is 6.07 Å². The molecule has 2 heterocycles. The lowest BCUT2D eigenvalue weighted by Gasteiger charge is -2.35. The van der Waals surface area contributed by atoms with Crippen molar-refractivity contribution in [3.63, 3.8) is 0 Å². The molecule has 1 aliphatic rings. The van der Waals surface area contributed by atoms with Crippen molar-refractivity contribution in [1.29, 1.82) is 0 Å². The van der Waals surface area contributed by atoms with Crippen molar-refractivity contribution >= 4 is 29.1 Å². The normalized spacial score (nSPS) is 15.0. The fourth-order valence-corrected chi connectivity index (χ4v) is 3.70. The predicted octanol–water partition coefficient (Wildman–Crippen LogP) is 0.833. The third-order valence-electron chi connectivity index (χ3n) is 4.65. The summed E-state index contributed by atoms with van der Waals surface area (Å²) in [6.45, 7) is 8.42. The summed E-state index contributed by atoms with van der Waals surface area (Å²) in [5, 5.41) is 1.85. The molecule has 0 atom stereocenters. The standard InChI is InChI=1S/C18H28N4O3S/c1-4-21(5-2)17(24)14-20-8-10-22(11-9-20)16(23)13-19(3)18(25)15-7-6-12-26-15/h6-7,12H,4-5,8-11,13-14H2,1-3H3. The van der Waals surface area contributed by atoms with Crippen LogP contribution < -0.4 is 0 Å². The number of nitrogens with zero attached hydrogens (tertiary/aromatic N) is 4. The van der Waals surface area contributed by atoms with Gasteiger partial charge in [0, 0.05) is 46.3 Å². The minimum atomic E-state index is -0.128. The van der Waals surface area contributed by atoms with E-state index in [-0.39, 0.29) is 24.3 Å². The predicted molar refractivity (Wildman–Crippen MR) is 102 cm³/mol. The molecule has 2 rings (SSSR count). The molecular weight excluding hydrogens is 352 g/mol. The van der Waals surface area contributed by atoms with Gasteiger partial charge in [-0.2, -0.15) is 0 Å². The summed E-state index contributed by atoms with van der Waals surface area (Å²) in [7, 11) is 1.65. The molecule has 1 saturated heterocycles. The Balaban J connectivity index is 1.77. The Hall–Kier alpha value is -1.93. The molecule has 26 heavy (non-hydrogen) atoms. The first kappa shape index (κ1) is 20.4. The highest BCUT2D eigenvalue weighted by atomic mass is 32.1. The van der Waals surface area contributed by atoms with E-state index < -0.39 is 0 Å². The number of carbonyl (C=O) groups excluding carboxylic acids is 3. The van der Waals surface area contributed by atoms with E-state index in [9.17, 15) is 14.4 Å². The van der Waals surface area contributed by atoms with Crippen molar-refractivity contribution in [3.8, 4) is 0 Å². The van der Waals surface area contributed by atoms with Gasteiger partial charge in [0.2, 0.25) is 11.8 Å². The maximum Gasteiger partial charge on any atom is 0.264 e. The minimum Gasteiger partial charge on any atom is -0.342 e. The third kappa shape index (κ3) is 5.28. The van der Waals surface area contributed by atoms with Crippen LogP contribution in [0.5, 0.6) is 0 Å². The first-order chi connectivity index (χ1) is 12.5. The minimum absolute atomic E-state index is 0.0490. The summed E-state index contributed by atoms with van der Waals surface area (Å²) < 4.78 is 0. The number of rotatable bonds is 7. The summed E-state index contributed by atoms with van der Waals surface area (Å²) in [6.07, 6.45) is 0. The third-order valence-corrected chi connectivity index (χ3v) is 5.51. The van der Waals surface area contributed by atoms with Crippen LogP contribution in [0.4, 0.5) is 0 Å². The van der Waals surface area contributed by atoms with Gasteiger partial charge in [-0.05, 0) is 25.3 Å². The number of carbonyl (C=O) groups is 3. The first-order valence-corrected chi connectivity index (χ1v) is 9.91. The van der Waals surface area contributed by atoms with Gasteiger partial charge in [0.1, 0.15) is 0 Å². The molecule has 0 radical (unpaired) electrons. The van der Waals surface area contributed by atoms with Crippen LogP contribution in [-0.4, -0.2) is 96.7 Å². The summed E-state index contributed by atoms with van der Waals surface area (Å²) in [4.78, 5) is 44.7. The summed E-state index contributed by atoms with van der Waals surface area (Å²) in [5.74, 6) is -0.0417. The Morgan fingerprint density at radius 3 is 2.31 bits per heavy atom. The molecule has 1 fully saturated rings. The molecule has 0 aliphatic carbocycles. The van der Waals surface area contributed by atoms with Crippen molar-refractivity contribution < 1.29 is 14.4 Å². The van der Waals surface area contributed by atoms with Gasteiger partial charge in [-0.3, -0.25) is 19.3 Å². The zero-order valence-electron chi connectivity index (χ0n) is 15.8. The van der Waals surface area contributed by atoms with E-state index in [0.717, 1.165) is 13.1 Å². The highest BCUT2D eigenvalue weighted by molar-refractivity contribution is 7.12. The second-order valence-electron chi connectivity index (χ2n) is 6.36. The lowest BCUT2D eigenvalue weighted by Crippen LogP contribution is -2.53. The fraction of sp³-hybridized carbons (Fsp3) is 0.611. The molecule has 3 amide bonds. The van der Waals surface area contributed by atoms with Crippen LogP contribution in [-0.2, 0) is 9.59 Å². The molecule has 144 valence electrons. The Morgan fingerprint density at radius 1 is 1.12 bits per heavy atom. The molecule has 1 aliphatic heterocycles. The van der Waals surface area contributed by atoms with E-state index in [2.05, 4.69) is 4.90 Å². The highest BCUT2D eigenvalue weighted by Gasteiger charge is 2.25. The zero-order chi connectivity index (χ0) is 19.1. The SMILES string of the molecule is CCN(CC)C(=O)CN1CCN(C(=O)CN(C)C(=O)c2cccs2)CC1. The summed E-state index contributed by atoms with van der Waals surface area (Å²) in [5.41, 5.74) is 0. The summed E-state index contributed by atoms with van der Waals surface area (Å²) >= 11 is 1.38. The molecule has 0 aromatic carbocycles. The molecule has 0 N–H and O–H groups in total. The largest absolute Gasteiger partial charge is 0.342 e. The maximum absolute atomic E-state index is 12.5. The van der Waals surface area contributed by atoms with Crippen LogP contribution in [0.15, 0.2) is 17.5 Å². The molecule has 0 saturated carbocycles. The molecule has 0 spiro atoms. The first-order valence-electron chi connectivity index (χ1n) is 9.03. The van der Waals surface area contributed by atoms with E-state index in [1.54, 1.807) is 18.0 Å². The zero-order valence-corrected chi connectivity index (χ0v) is 16.6. The lowest BCUT2D eigenvalue weighted by molar-refractivity contribution is -0.135. The van der Waals surface area contributed by atoms with Crippen LogP contribution in [0.25, 0.3) is 0 Å². The molecule has 0 unspecified atom stereocenters. The number of hydrogen-bond donors (Lipinski definition) is 0. The number of likely N-dealkylation sites (N-methyl/N-ethyl adjacent to an activating group) is 2. The average molecular weight is 381 g/mol. The van der Waals surface area contributed by atoms with Crippen molar-refractivity contribution in [2.75, 3.05) is 59.4 Å². The van der Waals surface area contributed by atoms with Crippen LogP contribution in [0.3, 0.4) is 0 Å². The number of hydrogen-bond acceptors (Lipinski definition) is 5. The van der Waals surface area contributed by atoms with Gasteiger partial charge in [-0.15, -0.1) is 11.3 Å². The fourth-order valence-electron chi connectivity index (χ4n) is 2.99. The van der Waals surface area contributed by atoms with E-state index in [4.69, 9.17) is 0 Å². The number of thiophene rings is 1. The molecule has 7 nitrogen and oxygen atoms in total. The van der Waals surface area contributed by atoms with Crippen molar-refractivity contribution in [3.05, 3.63) is 22.4 Å². The van der Waals surface area contributed by atoms with Gasteiger partial charge >= 0.3 is 0 Å². The molecule has 0 bridgehead atoms. The topological polar surface area (TPSA) is 64.2 Å². The van der Waals surface area contributed by atoms with Crippen molar-refractivity contribution in [2.24, 2.45) is 0 Å². The van der Waals surface area contributed by atoms with Crippen LogP contribution in [0.1, 0.15) is 23.5 Å². The van der Waals surface area contributed by atoms with Crippen molar-refractivity contribution in [1.82, 2.24) is 19.6 Å². The van der Waals surface area contributed by atoms with Crippen LogP contribution in [0.2, 0.25) is 0 Å². The lowest BCUT2D eigenvalue weighted by atomic mass is 10.3. The quantitative estimate of drug-likeness (QED) is 0.703. The molecule has 1 aromatic heterocycles. The van der Waals surface area contributed by atoms with Gasteiger partial charge in [0.25, 0.3) is 5.91 Å². The van der Waals surface area contributed by atoms with E-state index in [0.29, 0.717) is 37.6 Å². The smallest absolute Gasteiger partial charge is 0.264 e. The van der Waals surface area contributed by atoms with Gasteiger partial charge in [0.15, 0.2) is 0 Å². The van der Waals surface area contributed by atoms with Crippen LogP contribution >= 0.6 is 11.3 Å². The average Bonchev–Trinajstić information content (AvgIpc) is 3.17. The molecule has 1 aromatic rings. The van der Waals surface area contributed by atoms with E-state index in [1.165, 1.54) is 16.2 Å². The van der Waals surface area contributed by atoms with E-state index >= 15 is 0 Å². The van der Waals surface area contributed by atoms with Gasteiger partial charge < -0.3 is 14.7 Å². The number of piperazine rings is 1. The number of amides is 3. The Kier molecular flexibility index (Phi) is 7.59. The van der Waals surface area contributed by atoms with Crippen molar-refractivity contribution in [2.45, 2.75) is 13.8 Å². The maximum atomic E-state index is 12.5. The second-order valence-corrected chi connectivity index (χ2v) is 7.31. The van der Waals surface area contributed by atoms with Gasteiger partial charge in [-0.25, -0.2) is 0 Å². The monoisotopic (exact) mass is 380 g/mol. The summed E-state index contributed by atoms with van der Waals surface area (Å²) in [6, 6.07) is 3.59. The Labute approximate surface area is 159 Å². The Bertz CT molecular complexity index is 608. The van der Waals surface area contributed by atoms with Gasteiger partial charge in [0.05, 0.1) is 18.0 Å². The second kappa shape index (κ2) is 9.68.